The number of benzene rings is 2. The second kappa shape index (κ2) is 7.27. The van der Waals surface area contributed by atoms with Crippen molar-refractivity contribution in [1.29, 1.82) is 0 Å². The van der Waals surface area contributed by atoms with Crippen molar-refractivity contribution in [2.75, 3.05) is 6.54 Å². The van der Waals surface area contributed by atoms with Gasteiger partial charge in [-0.15, -0.1) is 0 Å². The van der Waals surface area contributed by atoms with Gasteiger partial charge in [-0.25, -0.2) is 0 Å². The highest BCUT2D eigenvalue weighted by Crippen LogP contribution is 2.29. The highest BCUT2D eigenvalue weighted by Gasteiger charge is 2.16. The van der Waals surface area contributed by atoms with Crippen LogP contribution in [0.2, 0.25) is 0 Å². The molecule has 0 aliphatic rings. The van der Waals surface area contributed by atoms with Gasteiger partial charge in [-0.1, -0.05) is 30.3 Å². The molecule has 2 aromatic rings. The minimum atomic E-state index is -0.0907. The number of halogens is 1. The third kappa shape index (κ3) is 3.85. The van der Waals surface area contributed by atoms with Gasteiger partial charge in [-0.2, -0.15) is 0 Å². The second-order valence-electron chi connectivity index (χ2n) is 4.68. The van der Waals surface area contributed by atoms with Gasteiger partial charge in [0, 0.05) is 16.6 Å². The highest BCUT2D eigenvalue weighted by molar-refractivity contribution is 9.10. The Kier molecular flexibility index (Phi) is 5.39. The summed E-state index contributed by atoms with van der Waals surface area (Å²) in [7, 11) is 0. The van der Waals surface area contributed by atoms with Crippen LogP contribution < -0.4 is 10.1 Å². The Morgan fingerprint density at radius 3 is 2.57 bits per heavy atom. The Labute approximate surface area is 133 Å². The Bertz CT molecular complexity index is 626. The van der Waals surface area contributed by atoms with Crippen molar-refractivity contribution in [2.45, 2.75) is 20.5 Å². The molecule has 0 saturated heterocycles. The summed E-state index contributed by atoms with van der Waals surface area (Å²) >= 11 is 3.43. The predicted molar refractivity (Wildman–Crippen MR) is 87.7 cm³/mol. The minimum Gasteiger partial charge on any atom is -0.489 e. The Balaban J connectivity index is 2.21. The number of hydrogen-bond donors (Lipinski definition) is 1. The van der Waals surface area contributed by atoms with Crippen LogP contribution in [0.25, 0.3) is 0 Å². The molecule has 0 atom stereocenters. The van der Waals surface area contributed by atoms with Crippen molar-refractivity contribution < 1.29 is 9.53 Å². The van der Waals surface area contributed by atoms with Crippen LogP contribution in [-0.2, 0) is 6.61 Å². The third-order valence-electron chi connectivity index (χ3n) is 3.17. The number of ether oxygens (including phenoxy) is 1. The summed E-state index contributed by atoms with van der Waals surface area (Å²) in [5.74, 6) is 0.635. The summed E-state index contributed by atoms with van der Waals surface area (Å²) in [5.41, 5.74) is 2.56. The molecule has 21 heavy (non-hydrogen) atoms. The van der Waals surface area contributed by atoms with E-state index < -0.39 is 0 Å². The minimum absolute atomic E-state index is 0.0907. The van der Waals surface area contributed by atoms with Gasteiger partial charge in [-0.05, 0) is 47.5 Å². The fraction of sp³-hybridized carbons (Fsp3) is 0.235. The molecule has 1 amide bonds. The number of carbonyl (C=O) groups excluding carboxylic acids is 1. The Morgan fingerprint density at radius 2 is 1.90 bits per heavy atom. The first-order chi connectivity index (χ1) is 10.1. The lowest BCUT2D eigenvalue weighted by Gasteiger charge is -2.14. The summed E-state index contributed by atoms with van der Waals surface area (Å²) in [6.45, 7) is 4.88. The number of amides is 1. The molecular formula is C17H18BrNO2. The van der Waals surface area contributed by atoms with E-state index in [1.165, 1.54) is 0 Å². The third-order valence-corrected chi connectivity index (χ3v) is 3.83. The quantitative estimate of drug-likeness (QED) is 0.884. The molecule has 0 unspecified atom stereocenters. The van der Waals surface area contributed by atoms with Crippen molar-refractivity contribution in [1.82, 2.24) is 5.32 Å². The molecule has 0 radical (unpaired) electrons. The van der Waals surface area contributed by atoms with E-state index in [1.807, 2.05) is 56.3 Å². The zero-order valence-electron chi connectivity index (χ0n) is 12.2. The van der Waals surface area contributed by atoms with Crippen molar-refractivity contribution in [3.05, 3.63) is 63.6 Å². The summed E-state index contributed by atoms with van der Waals surface area (Å²) in [6.07, 6.45) is 0. The van der Waals surface area contributed by atoms with Crippen molar-refractivity contribution in [2.24, 2.45) is 0 Å². The molecule has 110 valence electrons. The van der Waals surface area contributed by atoms with Crippen molar-refractivity contribution in [3.8, 4) is 5.75 Å². The molecular weight excluding hydrogens is 330 g/mol. The van der Waals surface area contributed by atoms with E-state index in [1.54, 1.807) is 0 Å². The van der Waals surface area contributed by atoms with Crippen molar-refractivity contribution in [3.63, 3.8) is 0 Å². The van der Waals surface area contributed by atoms with E-state index in [2.05, 4.69) is 21.2 Å². The number of carbonyl (C=O) groups is 1. The largest absolute Gasteiger partial charge is 0.489 e. The maximum atomic E-state index is 12.1. The first-order valence-electron chi connectivity index (χ1n) is 6.87. The molecule has 0 aliphatic heterocycles. The maximum absolute atomic E-state index is 12.1. The van der Waals surface area contributed by atoms with Crippen LogP contribution in [0.4, 0.5) is 0 Å². The molecule has 0 aromatic heterocycles. The van der Waals surface area contributed by atoms with E-state index in [0.29, 0.717) is 18.7 Å². The van der Waals surface area contributed by atoms with E-state index in [4.69, 9.17) is 4.74 Å². The number of nitrogens with one attached hydrogen (secondary N) is 1. The first-order valence-corrected chi connectivity index (χ1v) is 7.66. The summed E-state index contributed by atoms with van der Waals surface area (Å²) < 4.78 is 6.62. The summed E-state index contributed by atoms with van der Waals surface area (Å²) in [6, 6.07) is 13.7. The van der Waals surface area contributed by atoms with Gasteiger partial charge in [0.2, 0.25) is 0 Å². The molecule has 2 aromatic carbocycles. The molecule has 3 nitrogen and oxygen atoms in total. The first kappa shape index (κ1) is 15.6. The van der Waals surface area contributed by atoms with Crippen molar-refractivity contribution >= 4 is 21.8 Å². The lowest BCUT2D eigenvalue weighted by atomic mass is 10.1. The van der Waals surface area contributed by atoms with E-state index in [9.17, 15) is 4.79 Å². The fourth-order valence-electron chi connectivity index (χ4n) is 2.08. The van der Waals surface area contributed by atoms with Crippen LogP contribution in [0, 0.1) is 6.92 Å². The summed E-state index contributed by atoms with van der Waals surface area (Å²) in [5, 5.41) is 2.82. The second-order valence-corrected chi connectivity index (χ2v) is 5.53. The molecule has 4 heteroatoms. The Hall–Kier alpha value is -1.81. The van der Waals surface area contributed by atoms with Gasteiger partial charge in [0.05, 0.1) is 5.56 Å². The van der Waals surface area contributed by atoms with Gasteiger partial charge in [0.15, 0.2) is 0 Å². The van der Waals surface area contributed by atoms with Gasteiger partial charge < -0.3 is 10.1 Å². The SMILES string of the molecule is CCNC(=O)c1c(Br)ccc(OCc2ccccc2)c1C. The van der Waals surface area contributed by atoms with Gasteiger partial charge in [0.25, 0.3) is 5.91 Å². The molecule has 0 spiro atoms. The fourth-order valence-corrected chi connectivity index (χ4v) is 2.69. The van der Waals surface area contributed by atoms with Crippen LogP contribution in [0.15, 0.2) is 46.9 Å². The average molecular weight is 348 g/mol. The van der Waals surface area contributed by atoms with Crippen LogP contribution in [0.5, 0.6) is 5.75 Å². The van der Waals surface area contributed by atoms with Gasteiger partial charge >= 0.3 is 0 Å². The zero-order chi connectivity index (χ0) is 15.2. The van der Waals surface area contributed by atoms with Gasteiger partial charge in [-0.3, -0.25) is 4.79 Å². The standard InChI is InChI=1S/C17H18BrNO2/c1-3-19-17(20)16-12(2)15(10-9-14(16)18)21-11-13-7-5-4-6-8-13/h4-10H,3,11H2,1-2H3,(H,19,20). The average Bonchev–Trinajstić information content (AvgIpc) is 2.48. The molecule has 0 heterocycles. The van der Waals surface area contributed by atoms with Crippen LogP contribution in [-0.4, -0.2) is 12.5 Å². The molecule has 0 bridgehead atoms. The molecule has 0 fully saturated rings. The number of hydrogen-bond acceptors (Lipinski definition) is 2. The van der Waals surface area contributed by atoms with E-state index in [0.717, 1.165) is 21.3 Å². The van der Waals surface area contributed by atoms with Crippen LogP contribution in [0.1, 0.15) is 28.4 Å². The van der Waals surface area contributed by atoms with Crippen LogP contribution in [0.3, 0.4) is 0 Å². The maximum Gasteiger partial charge on any atom is 0.252 e. The highest BCUT2D eigenvalue weighted by atomic mass is 79.9. The summed E-state index contributed by atoms with van der Waals surface area (Å²) in [4.78, 5) is 12.1. The van der Waals surface area contributed by atoms with E-state index >= 15 is 0 Å². The number of rotatable bonds is 5. The monoisotopic (exact) mass is 347 g/mol. The predicted octanol–water partition coefficient (Wildman–Crippen LogP) is 4.09. The molecule has 1 N–H and O–H groups in total. The molecule has 0 saturated carbocycles. The van der Waals surface area contributed by atoms with E-state index in [-0.39, 0.29) is 5.91 Å². The zero-order valence-corrected chi connectivity index (χ0v) is 13.7. The Morgan fingerprint density at radius 1 is 1.19 bits per heavy atom. The normalized spacial score (nSPS) is 10.2. The van der Waals surface area contributed by atoms with Crippen LogP contribution >= 0.6 is 15.9 Å². The molecule has 2 rings (SSSR count). The molecule has 0 aliphatic carbocycles. The smallest absolute Gasteiger partial charge is 0.252 e. The lowest BCUT2D eigenvalue weighted by molar-refractivity contribution is 0.0954. The van der Waals surface area contributed by atoms with Gasteiger partial charge in [0.1, 0.15) is 12.4 Å². The topological polar surface area (TPSA) is 38.3 Å². The lowest BCUT2D eigenvalue weighted by Crippen LogP contribution is -2.24.